The summed E-state index contributed by atoms with van der Waals surface area (Å²) in [6.45, 7) is 3.37. The maximum absolute atomic E-state index is 13.5. The Morgan fingerprint density at radius 1 is 1.06 bits per heavy atom. The number of rotatable bonds is 7. The molecule has 0 bridgehead atoms. The van der Waals surface area contributed by atoms with Crippen molar-refractivity contribution >= 4 is 28.5 Å². The van der Waals surface area contributed by atoms with Gasteiger partial charge in [0.1, 0.15) is 12.5 Å². The lowest BCUT2D eigenvalue weighted by molar-refractivity contribution is -0.124. The van der Waals surface area contributed by atoms with Gasteiger partial charge < -0.3 is 19.1 Å². The number of aromatic nitrogens is 1. The quantitative estimate of drug-likeness (QED) is 0.368. The Labute approximate surface area is 210 Å². The van der Waals surface area contributed by atoms with Gasteiger partial charge >= 0.3 is 0 Å². The molecule has 4 rings (SSSR count). The minimum absolute atomic E-state index is 0.0774. The standard InChI is InChI=1S/C28H32FN3O4/c1-18-13-25-23(24(16-32(25)17-36-4)26(33)28(35)30(2)3)15-22(18)27(34)31-11-9-20(10-12-31)14-19-5-7-21(29)8-6-19/h5-8,13,15-16,20H,9-12,14,17H2,1-4H3. The number of carbonyl (C=O) groups excluding carboxylic acids is 3. The Morgan fingerprint density at radius 3 is 2.33 bits per heavy atom. The predicted octanol–water partition coefficient (Wildman–Crippen LogP) is 4.06. The molecule has 1 aromatic heterocycles. The second-order valence-electron chi connectivity index (χ2n) is 9.71. The van der Waals surface area contributed by atoms with Crippen LogP contribution in [0.1, 0.15) is 44.7 Å². The second-order valence-corrected chi connectivity index (χ2v) is 9.71. The van der Waals surface area contributed by atoms with Gasteiger partial charge in [-0.2, -0.15) is 0 Å². The molecule has 1 aliphatic heterocycles. The Morgan fingerprint density at radius 2 is 1.72 bits per heavy atom. The molecule has 190 valence electrons. The van der Waals surface area contributed by atoms with E-state index in [0.29, 0.717) is 30.0 Å². The third kappa shape index (κ3) is 5.18. The Hall–Kier alpha value is -3.52. The van der Waals surface area contributed by atoms with Gasteiger partial charge in [-0.25, -0.2) is 4.39 Å². The third-order valence-electron chi connectivity index (χ3n) is 6.91. The number of hydrogen-bond acceptors (Lipinski definition) is 4. The van der Waals surface area contributed by atoms with Gasteiger partial charge in [0, 0.05) is 51.4 Å². The molecular formula is C28H32FN3O4. The van der Waals surface area contributed by atoms with Crippen molar-refractivity contribution in [3.05, 3.63) is 70.7 Å². The normalized spacial score (nSPS) is 14.3. The number of likely N-dealkylation sites (tertiary alicyclic amines) is 1. The van der Waals surface area contributed by atoms with E-state index in [1.54, 1.807) is 23.9 Å². The fourth-order valence-corrected chi connectivity index (χ4v) is 4.88. The number of amides is 2. The highest BCUT2D eigenvalue weighted by Crippen LogP contribution is 2.29. The van der Waals surface area contributed by atoms with Crippen LogP contribution in [0.2, 0.25) is 0 Å². The van der Waals surface area contributed by atoms with E-state index in [1.165, 1.54) is 31.1 Å². The minimum Gasteiger partial charge on any atom is -0.364 e. The van der Waals surface area contributed by atoms with Crippen molar-refractivity contribution in [1.82, 2.24) is 14.4 Å². The molecule has 1 aliphatic rings. The molecule has 2 amide bonds. The monoisotopic (exact) mass is 493 g/mol. The van der Waals surface area contributed by atoms with E-state index >= 15 is 0 Å². The fourth-order valence-electron chi connectivity index (χ4n) is 4.88. The first-order valence-corrected chi connectivity index (χ1v) is 12.1. The van der Waals surface area contributed by atoms with E-state index in [1.807, 2.05) is 30.0 Å². The molecule has 0 spiro atoms. The lowest BCUT2D eigenvalue weighted by atomic mass is 9.89. The molecule has 1 fully saturated rings. The molecular weight excluding hydrogens is 461 g/mol. The number of nitrogens with zero attached hydrogens (tertiary/aromatic N) is 3. The smallest absolute Gasteiger partial charge is 0.294 e. The highest BCUT2D eigenvalue weighted by atomic mass is 19.1. The number of aryl methyl sites for hydroxylation is 1. The van der Waals surface area contributed by atoms with Gasteiger partial charge in [0.05, 0.1) is 11.1 Å². The SMILES string of the molecule is COCn1cc(C(=O)C(=O)N(C)C)c2cc(C(=O)N3CCC(Cc4ccc(F)cc4)CC3)c(C)cc21. The average molecular weight is 494 g/mol. The summed E-state index contributed by atoms with van der Waals surface area (Å²) >= 11 is 0. The van der Waals surface area contributed by atoms with Crippen LogP contribution in [0, 0.1) is 18.7 Å². The lowest BCUT2D eigenvalue weighted by Crippen LogP contribution is -2.39. The van der Waals surface area contributed by atoms with Crippen LogP contribution in [0.15, 0.2) is 42.6 Å². The largest absolute Gasteiger partial charge is 0.364 e. The molecule has 7 nitrogen and oxygen atoms in total. The summed E-state index contributed by atoms with van der Waals surface area (Å²) in [5, 5.41) is 0.562. The molecule has 1 saturated heterocycles. The van der Waals surface area contributed by atoms with Crippen LogP contribution < -0.4 is 0 Å². The maximum atomic E-state index is 13.5. The number of Topliss-reactive ketones (excluding diaryl/α,β-unsaturated/α-hetero) is 1. The van der Waals surface area contributed by atoms with Gasteiger partial charge in [0.2, 0.25) is 0 Å². The van der Waals surface area contributed by atoms with Gasteiger partial charge in [-0.1, -0.05) is 12.1 Å². The van der Waals surface area contributed by atoms with Gasteiger partial charge in [-0.05, 0) is 67.5 Å². The zero-order valence-corrected chi connectivity index (χ0v) is 21.2. The second kappa shape index (κ2) is 10.6. The number of hydrogen-bond donors (Lipinski definition) is 0. The third-order valence-corrected chi connectivity index (χ3v) is 6.91. The van der Waals surface area contributed by atoms with Crippen molar-refractivity contribution in [2.75, 3.05) is 34.3 Å². The fraction of sp³-hybridized carbons (Fsp3) is 0.393. The van der Waals surface area contributed by atoms with Crippen LogP contribution in [-0.4, -0.2) is 66.3 Å². The highest BCUT2D eigenvalue weighted by molar-refractivity contribution is 6.44. The van der Waals surface area contributed by atoms with E-state index in [-0.39, 0.29) is 24.0 Å². The van der Waals surface area contributed by atoms with Crippen molar-refractivity contribution in [3.8, 4) is 0 Å². The summed E-state index contributed by atoms with van der Waals surface area (Å²) in [5.41, 5.74) is 3.43. The molecule has 3 aromatic rings. The van der Waals surface area contributed by atoms with E-state index in [9.17, 15) is 18.8 Å². The first-order valence-electron chi connectivity index (χ1n) is 12.1. The number of carbonyl (C=O) groups is 3. The van der Waals surface area contributed by atoms with Gasteiger partial charge in [0.25, 0.3) is 17.6 Å². The Kier molecular flexibility index (Phi) is 7.54. The lowest BCUT2D eigenvalue weighted by Gasteiger charge is -2.32. The van der Waals surface area contributed by atoms with Gasteiger partial charge in [0.15, 0.2) is 0 Å². The van der Waals surface area contributed by atoms with E-state index in [0.717, 1.165) is 35.9 Å². The van der Waals surface area contributed by atoms with Crippen LogP contribution in [-0.2, 0) is 22.7 Å². The highest BCUT2D eigenvalue weighted by Gasteiger charge is 2.28. The number of piperidine rings is 1. The zero-order chi connectivity index (χ0) is 26.0. The maximum Gasteiger partial charge on any atom is 0.294 e. The first kappa shape index (κ1) is 25.6. The Bertz CT molecular complexity index is 1290. The van der Waals surface area contributed by atoms with Crippen molar-refractivity contribution in [3.63, 3.8) is 0 Å². The van der Waals surface area contributed by atoms with Gasteiger partial charge in [-0.15, -0.1) is 0 Å². The summed E-state index contributed by atoms with van der Waals surface area (Å²) in [5.74, 6) is -1.12. The molecule has 0 saturated carbocycles. The topological polar surface area (TPSA) is 71.8 Å². The van der Waals surface area contributed by atoms with Crippen LogP contribution >= 0.6 is 0 Å². The number of ketones is 1. The number of likely N-dealkylation sites (N-methyl/N-ethyl adjacent to an activating group) is 1. The molecule has 0 unspecified atom stereocenters. The van der Waals surface area contributed by atoms with Crippen molar-refractivity contribution in [2.24, 2.45) is 5.92 Å². The number of methoxy groups -OCH3 is 1. The van der Waals surface area contributed by atoms with E-state index < -0.39 is 11.7 Å². The van der Waals surface area contributed by atoms with Crippen molar-refractivity contribution in [2.45, 2.75) is 32.9 Å². The van der Waals surface area contributed by atoms with Crippen LogP contribution in [0.5, 0.6) is 0 Å². The average Bonchev–Trinajstić information content (AvgIpc) is 3.21. The van der Waals surface area contributed by atoms with Crippen LogP contribution in [0.4, 0.5) is 4.39 Å². The molecule has 8 heteroatoms. The molecule has 0 N–H and O–H groups in total. The summed E-state index contributed by atoms with van der Waals surface area (Å²) in [6.07, 6.45) is 4.23. The summed E-state index contributed by atoms with van der Waals surface area (Å²) < 4.78 is 20.2. The zero-order valence-electron chi connectivity index (χ0n) is 21.2. The molecule has 0 radical (unpaired) electrons. The minimum atomic E-state index is -0.622. The number of halogens is 1. The van der Waals surface area contributed by atoms with Crippen molar-refractivity contribution in [1.29, 1.82) is 0 Å². The number of ether oxygens (including phenoxy) is 1. The van der Waals surface area contributed by atoms with E-state index in [4.69, 9.17) is 4.74 Å². The summed E-state index contributed by atoms with van der Waals surface area (Å²) in [7, 11) is 4.63. The number of benzene rings is 2. The molecule has 0 aliphatic carbocycles. The van der Waals surface area contributed by atoms with Crippen LogP contribution in [0.25, 0.3) is 10.9 Å². The van der Waals surface area contributed by atoms with Gasteiger partial charge in [-0.3, -0.25) is 14.4 Å². The molecule has 0 atom stereocenters. The Balaban J connectivity index is 1.56. The predicted molar refractivity (Wildman–Crippen MR) is 135 cm³/mol. The van der Waals surface area contributed by atoms with Crippen LogP contribution in [0.3, 0.4) is 0 Å². The number of fused-ring (bicyclic) bond motifs is 1. The molecule has 2 heterocycles. The summed E-state index contributed by atoms with van der Waals surface area (Å²) in [6, 6.07) is 10.2. The molecule has 36 heavy (non-hydrogen) atoms. The van der Waals surface area contributed by atoms with E-state index in [2.05, 4.69) is 0 Å². The first-order chi connectivity index (χ1) is 17.2. The summed E-state index contributed by atoms with van der Waals surface area (Å²) in [4.78, 5) is 42.0. The van der Waals surface area contributed by atoms with Crippen molar-refractivity contribution < 1.29 is 23.5 Å². The molecule has 2 aromatic carbocycles.